The molecule has 0 unspecified atom stereocenters. The summed E-state index contributed by atoms with van der Waals surface area (Å²) in [5.41, 5.74) is 1.37. The van der Waals surface area contributed by atoms with Crippen molar-refractivity contribution in [3.63, 3.8) is 0 Å². The fraction of sp³-hybridized carbons (Fsp3) is 0.467. The molecule has 0 bridgehead atoms. The van der Waals surface area contributed by atoms with E-state index in [-0.39, 0.29) is 12.3 Å². The lowest BCUT2D eigenvalue weighted by atomic mass is 9.97. The molecule has 0 aromatic heterocycles. The van der Waals surface area contributed by atoms with Crippen molar-refractivity contribution < 1.29 is 14.7 Å². The normalized spacial score (nSPS) is 11.2. The third kappa shape index (κ3) is 4.39. The number of amides is 1. The maximum atomic E-state index is 12.2. The van der Waals surface area contributed by atoms with Gasteiger partial charge in [-0.25, -0.2) is 0 Å². The van der Waals surface area contributed by atoms with E-state index in [4.69, 9.17) is 5.11 Å². The van der Waals surface area contributed by atoms with E-state index in [1.54, 1.807) is 20.9 Å². The minimum Gasteiger partial charge on any atom is -0.481 e. The minimum atomic E-state index is -0.903. The van der Waals surface area contributed by atoms with Gasteiger partial charge in [0.1, 0.15) is 0 Å². The van der Waals surface area contributed by atoms with Crippen molar-refractivity contribution >= 4 is 11.9 Å². The largest absolute Gasteiger partial charge is 0.481 e. The van der Waals surface area contributed by atoms with Gasteiger partial charge in [-0.05, 0) is 26.3 Å². The molecular weight excluding hydrogens is 242 g/mol. The Morgan fingerprint density at radius 3 is 2.47 bits per heavy atom. The molecule has 0 saturated carbocycles. The summed E-state index contributed by atoms with van der Waals surface area (Å²) >= 11 is 0. The van der Waals surface area contributed by atoms with Gasteiger partial charge in [0.15, 0.2) is 0 Å². The Morgan fingerprint density at radius 1 is 1.32 bits per heavy atom. The molecule has 0 saturated heterocycles. The molecule has 0 fully saturated rings. The van der Waals surface area contributed by atoms with Crippen LogP contribution in [0.1, 0.15) is 31.4 Å². The first-order valence-electron chi connectivity index (χ1n) is 6.26. The summed E-state index contributed by atoms with van der Waals surface area (Å²) in [4.78, 5) is 24.5. The van der Waals surface area contributed by atoms with E-state index >= 15 is 0 Å². The number of aryl methyl sites for hydroxylation is 1. The summed E-state index contributed by atoms with van der Waals surface area (Å²) in [6.07, 6.45) is 0.226. The predicted molar refractivity (Wildman–Crippen MR) is 74.0 cm³/mol. The average Bonchev–Trinajstić information content (AvgIpc) is 2.26. The summed E-state index contributed by atoms with van der Waals surface area (Å²) in [5.74, 6) is -0.975. The zero-order chi connectivity index (χ0) is 14.6. The molecule has 0 aliphatic rings. The van der Waals surface area contributed by atoms with Gasteiger partial charge in [-0.1, -0.05) is 29.8 Å². The van der Waals surface area contributed by atoms with Gasteiger partial charge in [-0.15, -0.1) is 0 Å². The van der Waals surface area contributed by atoms with E-state index in [0.29, 0.717) is 6.42 Å². The van der Waals surface area contributed by atoms with Crippen LogP contribution in [0, 0.1) is 6.92 Å². The molecule has 19 heavy (non-hydrogen) atoms. The van der Waals surface area contributed by atoms with Crippen molar-refractivity contribution in [2.75, 3.05) is 7.05 Å². The van der Waals surface area contributed by atoms with Crippen LogP contribution in [-0.2, 0) is 16.0 Å². The number of carbonyl (C=O) groups excluding carboxylic acids is 1. The smallest absolute Gasteiger partial charge is 0.305 e. The number of carboxylic acids is 1. The van der Waals surface area contributed by atoms with Gasteiger partial charge in [0, 0.05) is 12.6 Å². The van der Waals surface area contributed by atoms with Crippen LogP contribution in [0.15, 0.2) is 24.3 Å². The quantitative estimate of drug-likeness (QED) is 0.886. The number of carboxylic acid groups (broad SMARTS) is 1. The Morgan fingerprint density at radius 2 is 1.95 bits per heavy atom. The van der Waals surface area contributed by atoms with Crippen LogP contribution in [0.2, 0.25) is 0 Å². The molecule has 1 aromatic rings. The number of benzene rings is 1. The topological polar surface area (TPSA) is 57.6 Å². The molecule has 4 heteroatoms. The third-order valence-electron chi connectivity index (χ3n) is 3.30. The van der Waals surface area contributed by atoms with Gasteiger partial charge < -0.3 is 10.0 Å². The van der Waals surface area contributed by atoms with Crippen molar-refractivity contribution in [3.8, 4) is 0 Å². The molecule has 0 spiro atoms. The highest BCUT2D eigenvalue weighted by atomic mass is 16.4. The lowest BCUT2D eigenvalue weighted by Gasteiger charge is -2.34. The Balaban J connectivity index is 2.75. The van der Waals surface area contributed by atoms with Crippen LogP contribution in [0.5, 0.6) is 0 Å². The van der Waals surface area contributed by atoms with Crippen molar-refractivity contribution in [2.45, 2.75) is 39.2 Å². The molecule has 104 valence electrons. The minimum absolute atomic E-state index is 0.0664. The maximum Gasteiger partial charge on any atom is 0.305 e. The van der Waals surface area contributed by atoms with E-state index in [0.717, 1.165) is 11.1 Å². The number of hydrogen-bond donors (Lipinski definition) is 1. The molecular formula is C15H21NO3. The molecule has 1 aromatic carbocycles. The number of nitrogens with zero attached hydrogens (tertiary/aromatic N) is 1. The van der Waals surface area contributed by atoms with Crippen LogP contribution < -0.4 is 0 Å². The SMILES string of the molecule is Cc1cccc(CC(=O)N(C)C(C)(C)CC(=O)O)c1. The molecule has 1 amide bonds. The molecule has 4 nitrogen and oxygen atoms in total. The average molecular weight is 263 g/mol. The highest BCUT2D eigenvalue weighted by Crippen LogP contribution is 2.18. The summed E-state index contributed by atoms with van der Waals surface area (Å²) in [7, 11) is 1.65. The number of hydrogen-bond acceptors (Lipinski definition) is 2. The first kappa shape index (κ1) is 15.2. The van der Waals surface area contributed by atoms with Gasteiger partial charge in [-0.2, -0.15) is 0 Å². The fourth-order valence-electron chi connectivity index (χ4n) is 1.94. The van der Waals surface area contributed by atoms with Gasteiger partial charge >= 0.3 is 5.97 Å². The molecule has 0 heterocycles. The number of aliphatic carboxylic acids is 1. The first-order valence-corrected chi connectivity index (χ1v) is 6.26. The lowest BCUT2D eigenvalue weighted by molar-refractivity contribution is -0.142. The van der Waals surface area contributed by atoms with E-state index in [9.17, 15) is 9.59 Å². The fourth-order valence-corrected chi connectivity index (χ4v) is 1.94. The molecule has 0 radical (unpaired) electrons. The zero-order valence-electron chi connectivity index (χ0n) is 11.9. The first-order chi connectivity index (χ1) is 8.72. The molecule has 0 aliphatic heterocycles. The van der Waals surface area contributed by atoms with Crippen LogP contribution in [0.25, 0.3) is 0 Å². The van der Waals surface area contributed by atoms with Crippen LogP contribution in [0.4, 0.5) is 0 Å². The number of likely N-dealkylation sites (N-methyl/N-ethyl adjacent to an activating group) is 1. The van der Waals surface area contributed by atoms with E-state index in [1.165, 1.54) is 4.90 Å². The van der Waals surface area contributed by atoms with Crippen LogP contribution in [0.3, 0.4) is 0 Å². The Labute approximate surface area is 114 Å². The molecule has 0 aliphatic carbocycles. The second-order valence-electron chi connectivity index (χ2n) is 5.50. The van der Waals surface area contributed by atoms with Crippen molar-refractivity contribution in [1.29, 1.82) is 0 Å². The van der Waals surface area contributed by atoms with Crippen LogP contribution >= 0.6 is 0 Å². The standard InChI is InChI=1S/C15H21NO3/c1-11-6-5-7-12(8-11)9-13(17)16(4)15(2,3)10-14(18)19/h5-8H,9-10H2,1-4H3,(H,18,19). The van der Waals surface area contributed by atoms with Crippen LogP contribution in [-0.4, -0.2) is 34.5 Å². The Bertz CT molecular complexity index is 480. The van der Waals surface area contributed by atoms with E-state index in [1.807, 2.05) is 31.2 Å². The zero-order valence-corrected chi connectivity index (χ0v) is 11.9. The maximum absolute atomic E-state index is 12.2. The lowest BCUT2D eigenvalue weighted by Crippen LogP contribution is -2.47. The van der Waals surface area contributed by atoms with Crippen molar-refractivity contribution in [3.05, 3.63) is 35.4 Å². The molecule has 1 N–H and O–H groups in total. The molecule has 0 atom stereocenters. The highest BCUT2D eigenvalue weighted by molar-refractivity contribution is 5.80. The number of rotatable bonds is 5. The molecule has 1 rings (SSSR count). The van der Waals surface area contributed by atoms with Gasteiger partial charge in [0.2, 0.25) is 5.91 Å². The van der Waals surface area contributed by atoms with Crippen molar-refractivity contribution in [2.24, 2.45) is 0 Å². The summed E-state index contributed by atoms with van der Waals surface area (Å²) in [6, 6.07) is 7.77. The second-order valence-corrected chi connectivity index (χ2v) is 5.50. The third-order valence-corrected chi connectivity index (χ3v) is 3.30. The Kier molecular flexibility index (Phi) is 4.70. The van der Waals surface area contributed by atoms with E-state index in [2.05, 4.69) is 0 Å². The van der Waals surface area contributed by atoms with Gasteiger partial charge in [0.25, 0.3) is 0 Å². The predicted octanol–water partition coefficient (Wildman–Crippen LogP) is 2.25. The monoisotopic (exact) mass is 263 g/mol. The highest BCUT2D eigenvalue weighted by Gasteiger charge is 2.29. The number of carbonyl (C=O) groups is 2. The summed E-state index contributed by atoms with van der Waals surface area (Å²) in [6.45, 7) is 5.50. The summed E-state index contributed by atoms with van der Waals surface area (Å²) < 4.78 is 0. The Hall–Kier alpha value is -1.84. The summed E-state index contributed by atoms with van der Waals surface area (Å²) in [5, 5.41) is 8.87. The van der Waals surface area contributed by atoms with E-state index < -0.39 is 11.5 Å². The van der Waals surface area contributed by atoms with Crippen molar-refractivity contribution in [1.82, 2.24) is 4.90 Å². The van der Waals surface area contributed by atoms with Gasteiger partial charge in [-0.3, -0.25) is 9.59 Å². The second kappa shape index (κ2) is 5.87. The van der Waals surface area contributed by atoms with Gasteiger partial charge in [0.05, 0.1) is 12.8 Å².